The molecule has 2 fully saturated rings. The number of carbonyl (C=O) groups is 1. The Labute approximate surface area is 252 Å². The minimum Gasteiger partial charge on any atom is -0.490 e. The zero-order chi connectivity index (χ0) is 29.9. The number of rotatable bonds is 8. The second kappa shape index (κ2) is 10.8. The first-order valence-corrected chi connectivity index (χ1v) is 15.5. The van der Waals surface area contributed by atoms with Crippen molar-refractivity contribution in [3.05, 3.63) is 47.0 Å². The van der Waals surface area contributed by atoms with Crippen LogP contribution in [0, 0.1) is 23.0 Å². The van der Waals surface area contributed by atoms with E-state index in [2.05, 4.69) is 22.5 Å². The Bertz CT molecular complexity index is 1710. The number of pyridine rings is 1. The van der Waals surface area contributed by atoms with Gasteiger partial charge in [0.05, 0.1) is 24.4 Å². The van der Waals surface area contributed by atoms with E-state index in [9.17, 15) is 9.18 Å². The number of hydrogen-bond acceptors (Lipinski definition) is 8. The van der Waals surface area contributed by atoms with Gasteiger partial charge in [-0.2, -0.15) is 5.10 Å². The number of thiophene rings is 1. The van der Waals surface area contributed by atoms with Gasteiger partial charge >= 0.3 is 0 Å². The smallest absolute Gasteiger partial charge is 0.222 e. The van der Waals surface area contributed by atoms with Gasteiger partial charge in [-0.1, -0.05) is 0 Å². The number of benzene rings is 1. The van der Waals surface area contributed by atoms with Crippen molar-refractivity contribution in [3.63, 3.8) is 0 Å². The first-order valence-electron chi connectivity index (χ1n) is 14.6. The Kier molecular flexibility index (Phi) is 7.10. The first-order chi connectivity index (χ1) is 20.8. The summed E-state index contributed by atoms with van der Waals surface area (Å²) in [7, 11) is 3.23. The van der Waals surface area contributed by atoms with Crippen LogP contribution in [0.5, 0.6) is 5.75 Å². The Balaban J connectivity index is 1.37. The van der Waals surface area contributed by atoms with E-state index >= 15 is 4.39 Å². The van der Waals surface area contributed by atoms with Crippen molar-refractivity contribution in [2.75, 3.05) is 51.9 Å². The number of halogens is 2. The van der Waals surface area contributed by atoms with Gasteiger partial charge in [0, 0.05) is 78.9 Å². The second-order valence-electron chi connectivity index (χ2n) is 11.9. The summed E-state index contributed by atoms with van der Waals surface area (Å²) < 4.78 is 44.3. The number of ether oxygens (including phenoxy) is 2. The fraction of sp³-hybridized carbons (Fsp3) is 0.452. The molecule has 1 spiro atoms. The predicted octanol–water partition coefficient (Wildman–Crippen LogP) is 4.76. The molecule has 0 radical (unpaired) electrons. The number of fused-ring (bicyclic) bond motifs is 2. The van der Waals surface area contributed by atoms with Crippen LogP contribution in [0.25, 0.3) is 32.6 Å². The Hall–Kier alpha value is -3.61. The number of amides is 1. The van der Waals surface area contributed by atoms with Crippen LogP contribution >= 0.6 is 11.3 Å². The summed E-state index contributed by atoms with van der Waals surface area (Å²) in [5.74, 6) is -0.381. The monoisotopic (exact) mass is 608 g/mol. The van der Waals surface area contributed by atoms with E-state index < -0.39 is 11.6 Å². The van der Waals surface area contributed by atoms with Gasteiger partial charge in [0.15, 0.2) is 0 Å². The molecule has 1 aromatic carbocycles. The maximum absolute atomic E-state index is 15.9. The number of aromatic nitrogens is 3. The molecular formula is C31H34F2N6O3S. The van der Waals surface area contributed by atoms with E-state index in [0.717, 1.165) is 60.1 Å². The predicted molar refractivity (Wildman–Crippen MR) is 161 cm³/mol. The average molecular weight is 609 g/mol. The highest BCUT2D eigenvalue weighted by molar-refractivity contribution is 7.18. The molecular weight excluding hydrogens is 574 g/mol. The Morgan fingerprint density at radius 1 is 1.21 bits per heavy atom. The van der Waals surface area contributed by atoms with Crippen molar-refractivity contribution in [3.8, 4) is 28.3 Å². The van der Waals surface area contributed by atoms with Crippen LogP contribution < -0.4 is 20.3 Å². The van der Waals surface area contributed by atoms with Crippen molar-refractivity contribution in [1.29, 1.82) is 0 Å². The van der Waals surface area contributed by atoms with Crippen LogP contribution in [0.2, 0.25) is 0 Å². The van der Waals surface area contributed by atoms with Gasteiger partial charge in [-0.25, -0.2) is 13.8 Å². The molecule has 1 atom stereocenters. The number of anilines is 1. The number of hydrogen-bond donors (Lipinski definition) is 2. The van der Waals surface area contributed by atoms with E-state index in [1.165, 1.54) is 17.4 Å². The summed E-state index contributed by atoms with van der Waals surface area (Å²) in [5, 5.41) is 14.0. The lowest BCUT2D eigenvalue weighted by Crippen LogP contribution is -2.64. The Morgan fingerprint density at radius 2 is 2.02 bits per heavy atom. The van der Waals surface area contributed by atoms with Gasteiger partial charge in [-0.05, 0) is 37.3 Å². The SMILES string of the molecule is CNC(=O)C1CC2(C1)CN(c1nc(-c3cc4n(n3)CCN[C@@H]4C)c(-c3c(F)cc(F)cc3OCCOC)c3sccc13)C2. The standard InChI is InChI=1S/C31H34F2N6O3S/c1-17-23-12-22(37-39(23)6-5-35-17)27-26(25-21(33)10-19(32)11-24(25)42-8-7-41-3)28-20(4-9-43-28)29(36-27)38-15-31(16-38)13-18(14-31)30(40)34-2/h4,9-12,17-18,35H,5-8,13-16H2,1-3H3,(H,34,40)/t17-/m1/s1. The maximum atomic E-state index is 15.9. The third-order valence-corrected chi connectivity index (χ3v) is 9.93. The molecule has 1 saturated carbocycles. The van der Waals surface area contributed by atoms with Crippen molar-refractivity contribution >= 4 is 33.1 Å². The number of methoxy groups -OCH3 is 1. The lowest BCUT2D eigenvalue weighted by atomic mass is 9.57. The lowest BCUT2D eigenvalue weighted by molar-refractivity contribution is -0.133. The normalized spacial score (nSPS) is 19.3. The molecule has 1 aliphatic carbocycles. The average Bonchev–Trinajstić information content (AvgIpc) is 3.60. The fourth-order valence-electron chi connectivity index (χ4n) is 6.92. The van der Waals surface area contributed by atoms with Gasteiger partial charge in [-0.3, -0.25) is 9.48 Å². The molecule has 2 N–H and O–H groups in total. The number of nitrogens with one attached hydrogen (secondary N) is 2. The third kappa shape index (κ3) is 4.76. The van der Waals surface area contributed by atoms with Crippen LogP contribution in [0.15, 0.2) is 29.6 Å². The first kappa shape index (κ1) is 28.2. The summed E-state index contributed by atoms with van der Waals surface area (Å²) in [6.45, 7) is 5.59. The molecule has 12 heteroatoms. The summed E-state index contributed by atoms with van der Waals surface area (Å²) in [6, 6.07) is 6.22. The second-order valence-corrected chi connectivity index (χ2v) is 12.8. The quantitative estimate of drug-likeness (QED) is 0.279. The lowest BCUT2D eigenvalue weighted by Gasteiger charge is -2.59. The minimum atomic E-state index is -0.727. The highest BCUT2D eigenvalue weighted by atomic mass is 32.1. The van der Waals surface area contributed by atoms with E-state index in [1.54, 1.807) is 14.2 Å². The third-order valence-electron chi connectivity index (χ3n) is 9.00. The largest absolute Gasteiger partial charge is 0.490 e. The van der Waals surface area contributed by atoms with E-state index in [4.69, 9.17) is 19.6 Å². The molecule has 7 rings (SSSR count). The maximum Gasteiger partial charge on any atom is 0.222 e. The summed E-state index contributed by atoms with van der Waals surface area (Å²) in [6.07, 6.45) is 1.73. The number of carbonyl (C=O) groups excluding carboxylic acids is 1. The molecule has 4 aromatic rings. The molecule has 1 saturated heterocycles. The van der Waals surface area contributed by atoms with Crippen LogP contribution in [-0.2, 0) is 16.1 Å². The van der Waals surface area contributed by atoms with Crippen LogP contribution in [0.1, 0.15) is 31.5 Å². The van der Waals surface area contributed by atoms with Gasteiger partial charge in [0.1, 0.15) is 41.2 Å². The molecule has 0 bridgehead atoms. The molecule has 43 heavy (non-hydrogen) atoms. The van der Waals surface area contributed by atoms with Gasteiger partial charge in [0.2, 0.25) is 5.91 Å². The zero-order valence-corrected chi connectivity index (χ0v) is 25.2. The molecule has 5 heterocycles. The molecule has 3 aromatic heterocycles. The van der Waals surface area contributed by atoms with Crippen LogP contribution in [-0.4, -0.2) is 67.7 Å². The molecule has 226 valence electrons. The summed E-state index contributed by atoms with van der Waals surface area (Å²) in [4.78, 5) is 19.6. The highest BCUT2D eigenvalue weighted by Gasteiger charge is 2.54. The van der Waals surface area contributed by atoms with Gasteiger partial charge in [0.25, 0.3) is 0 Å². The molecule has 2 aliphatic heterocycles. The molecule has 1 amide bonds. The van der Waals surface area contributed by atoms with Crippen molar-refractivity contribution in [1.82, 2.24) is 25.4 Å². The van der Waals surface area contributed by atoms with Crippen LogP contribution in [0.4, 0.5) is 14.6 Å². The highest BCUT2D eigenvalue weighted by Crippen LogP contribution is 2.55. The summed E-state index contributed by atoms with van der Waals surface area (Å²) >= 11 is 1.49. The molecule has 3 aliphatic rings. The fourth-order valence-corrected chi connectivity index (χ4v) is 7.86. The molecule has 0 unspecified atom stereocenters. The van der Waals surface area contributed by atoms with Gasteiger partial charge in [-0.15, -0.1) is 11.3 Å². The van der Waals surface area contributed by atoms with Crippen molar-refractivity contribution in [2.45, 2.75) is 32.4 Å². The number of nitrogens with zero attached hydrogens (tertiary/aromatic N) is 4. The van der Waals surface area contributed by atoms with E-state index in [0.29, 0.717) is 23.5 Å². The minimum absolute atomic E-state index is 0.0599. The summed E-state index contributed by atoms with van der Waals surface area (Å²) in [5.41, 5.74) is 2.98. The van der Waals surface area contributed by atoms with E-state index in [1.807, 2.05) is 22.2 Å². The van der Waals surface area contributed by atoms with Crippen LogP contribution in [0.3, 0.4) is 0 Å². The van der Waals surface area contributed by atoms with Gasteiger partial charge < -0.3 is 25.0 Å². The topological polar surface area (TPSA) is 93.5 Å². The van der Waals surface area contributed by atoms with Crippen molar-refractivity contribution < 1.29 is 23.0 Å². The zero-order valence-electron chi connectivity index (χ0n) is 24.4. The van der Waals surface area contributed by atoms with Crippen molar-refractivity contribution in [2.24, 2.45) is 11.3 Å². The molecule has 9 nitrogen and oxygen atoms in total. The Morgan fingerprint density at radius 3 is 2.77 bits per heavy atom. The van der Waals surface area contributed by atoms with E-state index in [-0.39, 0.29) is 47.8 Å².